The summed E-state index contributed by atoms with van der Waals surface area (Å²) < 4.78 is 15.2. The summed E-state index contributed by atoms with van der Waals surface area (Å²) in [4.78, 5) is 27.5. The highest BCUT2D eigenvalue weighted by Crippen LogP contribution is 2.30. The van der Waals surface area contributed by atoms with Gasteiger partial charge < -0.3 is 14.8 Å². The van der Waals surface area contributed by atoms with Crippen LogP contribution in [0.5, 0.6) is 0 Å². The zero-order valence-electron chi connectivity index (χ0n) is 16.5. The molecule has 1 heterocycles. The van der Waals surface area contributed by atoms with E-state index in [-0.39, 0.29) is 24.1 Å². The van der Waals surface area contributed by atoms with E-state index in [1.807, 2.05) is 48.9 Å². The van der Waals surface area contributed by atoms with Crippen molar-refractivity contribution in [2.24, 2.45) is 0 Å². The van der Waals surface area contributed by atoms with E-state index < -0.39 is 5.82 Å². The molecule has 0 bridgehead atoms. The van der Waals surface area contributed by atoms with E-state index in [0.29, 0.717) is 18.8 Å². The van der Waals surface area contributed by atoms with Crippen LogP contribution in [-0.2, 0) is 16.1 Å². The molecule has 0 saturated heterocycles. The summed E-state index contributed by atoms with van der Waals surface area (Å²) in [6.07, 6.45) is 1.92. The normalized spacial score (nSPS) is 10.9. The van der Waals surface area contributed by atoms with Gasteiger partial charge in [0, 0.05) is 40.8 Å². The molecular formula is C22H24FN3O2S. The molecule has 3 aromatic rings. The average Bonchev–Trinajstić information content (AvgIpc) is 3.05. The van der Waals surface area contributed by atoms with Crippen molar-refractivity contribution in [1.29, 1.82) is 0 Å². The molecule has 0 aliphatic rings. The van der Waals surface area contributed by atoms with Crippen LogP contribution in [0.25, 0.3) is 10.9 Å². The molecule has 0 spiro atoms. The highest BCUT2D eigenvalue weighted by atomic mass is 32.2. The summed E-state index contributed by atoms with van der Waals surface area (Å²) in [5.74, 6) is -0.349. The third kappa shape index (κ3) is 5.17. The number of anilines is 1. The Balaban J connectivity index is 1.72. The zero-order chi connectivity index (χ0) is 20.8. The van der Waals surface area contributed by atoms with Crippen molar-refractivity contribution in [3.05, 3.63) is 60.5 Å². The van der Waals surface area contributed by atoms with E-state index in [1.54, 1.807) is 17.0 Å². The van der Waals surface area contributed by atoms with Crippen molar-refractivity contribution < 1.29 is 14.0 Å². The molecule has 2 aromatic carbocycles. The molecule has 0 radical (unpaired) electrons. The first-order valence-electron chi connectivity index (χ1n) is 9.55. The summed E-state index contributed by atoms with van der Waals surface area (Å²) in [5, 5.41) is 3.71. The number of fused-ring (bicyclic) bond motifs is 1. The fraction of sp³-hybridized carbons (Fsp3) is 0.273. The predicted octanol–water partition coefficient (Wildman–Crippen LogP) is 4.38. The van der Waals surface area contributed by atoms with Crippen LogP contribution >= 0.6 is 11.8 Å². The Kier molecular flexibility index (Phi) is 6.93. The molecule has 5 nitrogen and oxygen atoms in total. The van der Waals surface area contributed by atoms with Gasteiger partial charge in [-0.2, -0.15) is 0 Å². The van der Waals surface area contributed by atoms with Crippen molar-refractivity contribution in [2.45, 2.75) is 25.3 Å². The third-order valence-corrected chi connectivity index (χ3v) is 5.68. The molecule has 152 valence electrons. The Morgan fingerprint density at radius 2 is 1.86 bits per heavy atom. The lowest BCUT2D eigenvalue weighted by atomic mass is 10.2. The Morgan fingerprint density at radius 3 is 2.59 bits per heavy atom. The Labute approximate surface area is 173 Å². The van der Waals surface area contributed by atoms with Gasteiger partial charge >= 0.3 is 0 Å². The number of hydrogen-bond donors (Lipinski definition) is 1. The number of benzene rings is 2. The SMILES string of the molecule is CCN(CC)C(=O)Cn1cc(SCC(=O)Nc2cccc(F)c2)c2ccccc21. The van der Waals surface area contributed by atoms with Gasteiger partial charge in [0.2, 0.25) is 11.8 Å². The zero-order valence-corrected chi connectivity index (χ0v) is 17.3. The lowest BCUT2D eigenvalue weighted by molar-refractivity contribution is -0.131. The van der Waals surface area contributed by atoms with Crippen molar-refractivity contribution in [1.82, 2.24) is 9.47 Å². The number of aromatic nitrogens is 1. The maximum atomic E-state index is 13.3. The highest BCUT2D eigenvalue weighted by Gasteiger charge is 2.15. The van der Waals surface area contributed by atoms with Crippen LogP contribution in [0, 0.1) is 5.82 Å². The van der Waals surface area contributed by atoms with E-state index >= 15 is 0 Å². The molecular weight excluding hydrogens is 389 g/mol. The molecule has 1 aromatic heterocycles. The number of carbonyl (C=O) groups is 2. The van der Waals surface area contributed by atoms with Gasteiger partial charge in [-0.3, -0.25) is 9.59 Å². The first-order valence-corrected chi connectivity index (χ1v) is 10.5. The summed E-state index contributed by atoms with van der Waals surface area (Å²) in [6.45, 7) is 5.55. The summed E-state index contributed by atoms with van der Waals surface area (Å²) in [7, 11) is 0. The fourth-order valence-electron chi connectivity index (χ4n) is 3.19. The van der Waals surface area contributed by atoms with Crippen LogP contribution in [0.1, 0.15) is 13.8 Å². The number of rotatable bonds is 8. The topological polar surface area (TPSA) is 54.3 Å². The van der Waals surface area contributed by atoms with Crippen LogP contribution in [-0.4, -0.2) is 40.1 Å². The molecule has 1 N–H and O–H groups in total. The van der Waals surface area contributed by atoms with Crippen molar-refractivity contribution in [3.8, 4) is 0 Å². The quantitative estimate of drug-likeness (QED) is 0.558. The summed E-state index contributed by atoms with van der Waals surface area (Å²) in [5.41, 5.74) is 1.39. The number of para-hydroxylation sites is 1. The molecule has 0 fully saturated rings. The van der Waals surface area contributed by atoms with Gasteiger partial charge in [-0.05, 0) is 38.1 Å². The second kappa shape index (κ2) is 9.60. The number of amides is 2. The Bertz CT molecular complexity index is 1010. The Hall–Kier alpha value is -2.80. The van der Waals surface area contributed by atoms with Gasteiger partial charge in [-0.25, -0.2) is 4.39 Å². The number of likely N-dealkylation sites (N-methyl/N-ethyl adjacent to an activating group) is 1. The van der Waals surface area contributed by atoms with Crippen molar-refractivity contribution in [2.75, 3.05) is 24.2 Å². The second-order valence-electron chi connectivity index (χ2n) is 6.55. The minimum absolute atomic E-state index is 0.0659. The molecule has 0 aliphatic heterocycles. The largest absolute Gasteiger partial charge is 0.342 e. The maximum Gasteiger partial charge on any atom is 0.242 e. The molecule has 29 heavy (non-hydrogen) atoms. The Morgan fingerprint density at radius 1 is 1.10 bits per heavy atom. The molecule has 2 amide bonds. The van der Waals surface area contributed by atoms with Crippen molar-refractivity contribution >= 4 is 40.2 Å². The van der Waals surface area contributed by atoms with Gasteiger partial charge in [0.15, 0.2) is 0 Å². The van der Waals surface area contributed by atoms with Crippen LogP contribution in [0.15, 0.2) is 59.6 Å². The number of carbonyl (C=O) groups excluding carboxylic acids is 2. The molecule has 7 heteroatoms. The van der Waals surface area contributed by atoms with Gasteiger partial charge in [0.1, 0.15) is 12.4 Å². The molecule has 0 atom stereocenters. The molecule has 0 aliphatic carbocycles. The monoisotopic (exact) mass is 413 g/mol. The summed E-state index contributed by atoms with van der Waals surface area (Å²) >= 11 is 1.40. The fourth-order valence-corrected chi connectivity index (χ4v) is 4.08. The number of thioether (sulfide) groups is 1. The van der Waals surface area contributed by atoms with E-state index in [1.165, 1.54) is 23.9 Å². The second-order valence-corrected chi connectivity index (χ2v) is 7.57. The standard InChI is InChI=1S/C22H24FN3O2S/c1-3-25(4-2)22(28)14-26-13-20(18-10-5-6-11-19(18)26)29-15-21(27)24-17-9-7-8-16(23)12-17/h5-13H,3-4,14-15H2,1-2H3,(H,24,27). The lowest BCUT2D eigenvalue weighted by Crippen LogP contribution is -2.33. The maximum absolute atomic E-state index is 13.3. The lowest BCUT2D eigenvalue weighted by Gasteiger charge is -2.19. The average molecular weight is 414 g/mol. The molecule has 0 saturated carbocycles. The van der Waals surface area contributed by atoms with E-state index in [2.05, 4.69) is 5.32 Å². The predicted molar refractivity (Wildman–Crippen MR) is 116 cm³/mol. The summed E-state index contributed by atoms with van der Waals surface area (Å²) in [6, 6.07) is 13.7. The van der Waals surface area contributed by atoms with E-state index in [4.69, 9.17) is 0 Å². The van der Waals surface area contributed by atoms with Gasteiger partial charge in [-0.1, -0.05) is 24.3 Å². The highest BCUT2D eigenvalue weighted by molar-refractivity contribution is 8.00. The number of nitrogens with one attached hydrogen (secondary N) is 1. The minimum Gasteiger partial charge on any atom is -0.342 e. The van der Waals surface area contributed by atoms with Crippen molar-refractivity contribution in [3.63, 3.8) is 0 Å². The van der Waals surface area contributed by atoms with Gasteiger partial charge in [0.25, 0.3) is 0 Å². The molecule has 3 rings (SSSR count). The molecule has 0 unspecified atom stereocenters. The van der Waals surface area contributed by atoms with Crippen LogP contribution in [0.2, 0.25) is 0 Å². The van der Waals surface area contributed by atoms with E-state index in [9.17, 15) is 14.0 Å². The van der Waals surface area contributed by atoms with E-state index in [0.717, 1.165) is 15.8 Å². The smallest absolute Gasteiger partial charge is 0.242 e. The number of nitrogens with zero attached hydrogens (tertiary/aromatic N) is 2. The number of halogens is 1. The van der Waals surface area contributed by atoms with Gasteiger partial charge in [0.05, 0.1) is 5.75 Å². The van der Waals surface area contributed by atoms with Crippen LogP contribution in [0.4, 0.5) is 10.1 Å². The van der Waals surface area contributed by atoms with Crippen LogP contribution in [0.3, 0.4) is 0 Å². The first kappa shape index (κ1) is 20.9. The third-order valence-electron chi connectivity index (χ3n) is 4.64. The minimum atomic E-state index is -0.392. The van der Waals surface area contributed by atoms with Gasteiger partial charge in [-0.15, -0.1) is 11.8 Å². The van der Waals surface area contributed by atoms with Crippen LogP contribution < -0.4 is 5.32 Å². The number of hydrogen-bond acceptors (Lipinski definition) is 3. The first-order chi connectivity index (χ1) is 14.0.